The highest BCUT2D eigenvalue weighted by Crippen LogP contribution is 2.28. The summed E-state index contributed by atoms with van der Waals surface area (Å²) in [4.78, 5) is 16.0. The molecule has 0 spiro atoms. The molecule has 1 heterocycles. The zero-order valence-corrected chi connectivity index (χ0v) is 10.3. The topological polar surface area (TPSA) is 30.0 Å². The number of nitrogens with zero attached hydrogens (tertiary/aromatic N) is 1. The Labute approximate surface area is 103 Å². The summed E-state index contributed by atoms with van der Waals surface area (Å²) in [6.45, 7) is 1.99. The van der Waals surface area contributed by atoms with Crippen molar-refractivity contribution < 1.29 is 4.79 Å². The number of carbonyl (C=O) groups excluding carboxylic acids is 1. The maximum Gasteiger partial charge on any atom is 0.161 e. The van der Waals surface area contributed by atoms with Crippen LogP contribution in [-0.4, -0.2) is 11.3 Å². The highest BCUT2D eigenvalue weighted by Gasteiger charge is 2.10. The molecule has 2 rings (SSSR count). The highest BCUT2D eigenvalue weighted by atomic mass is 35.5. The minimum absolute atomic E-state index is 0.701. The van der Waals surface area contributed by atoms with Gasteiger partial charge in [0.2, 0.25) is 0 Å². The lowest BCUT2D eigenvalue weighted by molar-refractivity contribution is 0.112. The molecule has 1 aromatic carbocycles. The van der Waals surface area contributed by atoms with Crippen LogP contribution >= 0.6 is 22.9 Å². The monoisotopic (exact) mass is 251 g/mol. The molecule has 2 nitrogen and oxygen atoms in total. The standard InChI is InChI=1S/C12H10ClNOS/c1-2-10-11(7-15)16-12(14-10)8-3-5-9(13)6-4-8/h3-7H,2H2,1H3. The Morgan fingerprint density at radius 1 is 1.38 bits per heavy atom. The first-order chi connectivity index (χ1) is 7.74. The molecule has 82 valence electrons. The lowest BCUT2D eigenvalue weighted by Gasteiger charge is -1.95. The van der Waals surface area contributed by atoms with E-state index in [4.69, 9.17) is 11.6 Å². The van der Waals surface area contributed by atoms with Crippen LogP contribution < -0.4 is 0 Å². The van der Waals surface area contributed by atoms with Gasteiger partial charge in [-0.2, -0.15) is 0 Å². The van der Waals surface area contributed by atoms with Crippen LogP contribution in [0, 0.1) is 0 Å². The number of hydrogen-bond acceptors (Lipinski definition) is 3. The van der Waals surface area contributed by atoms with Gasteiger partial charge in [0.05, 0.1) is 10.6 Å². The largest absolute Gasteiger partial charge is 0.297 e. The lowest BCUT2D eigenvalue weighted by Crippen LogP contribution is -1.85. The zero-order chi connectivity index (χ0) is 11.5. The second-order valence-electron chi connectivity index (χ2n) is 3.31. The Bertz CT molecular complexity index is 504. The molecule has 16 heavy (non-hydrogen) atoms. The molecule has 2 aromatic rings. The normalized spacial score (nSPS) is 10.4. The van der Waals surface area contributed by atoms with Crippen molar-refractivity contribution in [3.8, 4) is 10.6 Å². The van der Waals surface area contributed by atoms with Gasteiger partial charge in [0.25, 0.3) is 0 Å². The fraction of sp³-hybridized carbons (Fsp3) is 0.167. The molecular weight excluding hydrogens is 242 g/mol. The van der Waals surface area contributed by atoms with Gasteiger partial charge in [-0.1, -0.05) is 30.7 Å². The van der Waals surface area contributed by atoms with Crippen molar-refractivity contribution >= 4 is 29.2 Å². The number of halogens is 1. The van der Waals surface area contributed by atoms with Gasteiger partial charge in [-0.3, -0.25) is 4.79 Å². The van der Waals surface area contributed by atoms with E-state index in [0.717, 1.165) is 29.0 Å². The van der Waals surface area contributed by atoms with Crippen LogP contribution in [0.3, 0.4) is 0 Å². The van der Waals surface area contributed by atoms with E-state index in [-0.39, 0.29) is 0 Å². The van der Waals surface area contributed by atoms with Gasteiger partial charge in [0.1, 0.15) is 5.01 Å². The van der Waals surface area contributed by atoms with Crippen molar-refractivity contribution in [2.24, 2.45) is 0 Å². The Hall–Kier alpha value is -1.19. The Morgan fingerprint density at radius 2 is 2.06 bits per heavy atom. The minimum atomic E-state index is 0.701. The second kappa shape index (κ2) is 4.76. The fourth-order valence-corrected chi connectivity index (χ4v) is 2.52. The van der Waals surface area contributed by atoms with Crippen LogP contribution in [0.1, 0.15) is 22.3 Å². The van der Waals surface area contributed by atoms with Crippen molar-refractivity contribution in [2.75, 3.05) is 0 Å². The summed E-state index contributed by atoms with van der Waals surface area (Å²) in [5.41, 5.74) is 1.86. The van der Waals surface area contributed by atoms with Gasteiger partial charge in [0, 0.05) is 10.6 Å². The van der Waals surface area contributed by atoms with Crippen LogP contribution in [0.4, 0.5) is 0 Å². The number of carbonyl (C=O) groups is 1. The van der Waals surface area contributed by atoms with Crippen LogP contribution in [0.2, 0.25) is 5.02 Å². The Morgan fingerprint density at radius 3 is 2.56 bits per heavy atom. The van der Waals surface area contributed by atoms with Crippen LogP contribution in [0.25, 0.3) is 10.6 Å². The average Bonchev–Trinajstić information content (AvgIpc) is 2.73. The van der Waals surface area contributed by atoms with Crippen molar-refractivity contribution in [1.29, 1.82) is 0 Å². The maximum absolute atomic E-state index is 10.8. The molecule has 0 atom stereocenters. The first-order valence-electron chi connectivity index (χ1n) is 4.95. The number of aldehydes is 1. The molecule has 1 aromatic heterocycles. The van der Waals surface area contributed by atoms with Gasteiger partial charge < -0.3 is 0 Å². The van der Waals surface area contributed by atoms with E-state index >= 15 is 0 Å². The summed E-state index contributed by atoms with van der Waals surface area (Å²) in [6.07, 6.45) is 1.65. The number of aryl methyl sites for hydroxylation is 1. The highest BCUT2D eigenvalue weighted by molar-refractivity contribution is 7.16. The van der Waals surface area contributed by atoms with Crippen LogP contribution in [-0.2, 0) is 6.42 Å². The lowest BCUT2D eigenvalue weighted by atomic mass is 10.2. The summed E-state index contributed by atoms with van der Waals surface area (Å²) in [5.74, 6) is 0. The molecule has 0 bridgehead atoms. The van der Waals surface area contributed by atoms with Crippen molar-refractivity contribution in [1.82, 2.24) is 4.98 Å². The molecule has 4 heteroatoms. The van der Waals surface area contributed by atoms with Gasteiger partial charge in [-0.05, 0) is 18.6 Å². The van der Waals surface area contributed by atoms with Gasteiger partial charge in [-0.15, -0.1) is 11.3 Å². The first-order valence-corrected chi connectivity index (χ1v) is 6.15. The number of rotatable bonds is 3. The van der Waals surface area contributed by atoms with Crippen molar-refractivity contribution in [2.45, 2.75) is 13.3 Å². The van der Waals surface area contributed by atoms with E-state index in [2.05, 4.69) is 4.98 Å². The first kappa shape index (κ1) is 11.3. The summed E-state index contributed by atoms with van der Waals surface area (Å²) in [7, 11) is 0. The third-order valence-corrected chi connectivity index (χ3v) is 3.58. The van der Waals surface area contributed by atoms with Crippen molar-refractivity contribution in [3.05, 3.63) is 39.9 Å². The molecule has 0 radical (unpaired) electrons. The molecule has 0 saturated heterocycles. The second-order valence-corrected chi connectivity index (χ2v) is 4.78. The molecule has 0 saturated carbocycles. The Kier molecular flexibility index (Phi) is 3.36. The summed E-state index contributed by atoms with van der Waals surface area (Å²) in [5, 5.41) is 1.57. The number of benzene rings is 1. The average molecular weight is 252 g/mol. The third-order valence-electron chi connectivity index (χ3n) is 2.26. The van der Waals surface area contributed by atoms with Gasteiger partial charge in [0.15, 0.2) is 6.29 Å². The summed E-state index contributed by atoms with van der Waals surface area (Å²) >= 11 is 7.24. The predicted molar refractivity (Wildman–Crippen MR) is 67.3 cm³/mol. The van der Waals surface area contributed by atoms with E-state index in [1.165, 1.54) is 11.3 Å². The summed E-state index contributed by atoms with van der Waals surface area (Å²) < 4.78 is 0. The summed E-state index contributed by atoms with van der Waals surface area (Å²) in [6, 6.07) is 7.47. The van der Waals surface area contributed by atoms with E-state index in [1.54, 1.807) is 0 Å². The quantitative estimate of drug-likeness (QED) is 0.776. The Balaban J connectivity index is 2.44. The van der Waals surface area contributed by atoms with Gasteiger partial charge in [-0.25, -0.2) is 4.98 Å². The molecule has 0 fully saturated rings. The predicted octanol–water partition coefficient (Wildman–Crippen LogP) is 3.84. The van der Waals surface area contributed by atoms with Crippen molar-refractivity contribution in [3.63, 3.8) is 0 Å². The SMILES string of the molecule is CCc1nc(-c2ccc(Cl)cc2)sc1C=O. The molecule has 0 aliphatic rings. The molecule has 0 unspecified atom stereocenters. The minimum Gasteiger partial charge on any atom is -0.297 e. The van der Waals surface area contributed by atoms with Crippen LogP contribution in [0.5, 0.6) is 0 Å². The maximum atomic E-state index is 10.8. The fourth-order valence-electron chi connectivity index (χ4n) is 1.42. The van der Waals surface area contributed by atoms with E-state index in [9.17, 15) is 4.79 Å². The van der Waals surface area contributed by atoms with Crippen LogP contribution in [0.15, 0.2) is 24.3 Å². The molecule has 0 aliphatic carbocycles. The molecular formula is C12H10ClNOS. The molecule has 0 amide bonds. The number of aromatic nitrogens is 1. The van der Waals surface area contributed by atoms with E-state index in [0.29, 0.717) is 9.90 Å². The number of hydrogen-bond donors (Lipinski definition) is 0. The third kappa shape index (κ3) is 2.15. The molecule has 0 N–H and O–H groups in total. The number of thiazole rings is 1. The molecule has 0 aliphatic heterocycles. The zero-order valence-electron chi connectivity index (χ0n) is 8.74. The van der Waals surface area contributed by atoms with Gasteiger partial charge >= 0.3 is 0 Å². The van der Waals surface area contributed by atoms with E-state index < -0.39 is 0 Å². The smallest absolute Gasteiger partial charge is 0.161 e. The van der Waals surface area contributed by atoms with E-state index in [1.807, 2.05) is 31.2 Å².